The number of fused-ring (bicyclic) bond motifs is 2. The van der Waals surface area contributed by atoms with Gasteiger partial charge in [0.25, 0.3) is 0 Å². The van der Waals surface area contributed by atoms with E-state index in [4.69, 9.17) is 5.73 Å². The van der Waals surface area contributed by atoms with Gasteiger partial charge < -0.3 is 15.9 Å². The highest BCUT2D eigenvalue weighted by Gasteiger charge is 2.34. The first-order chi connectivity index (χ1) is 9.54. The van der Waals surface area contributed by atoms with Crippen LogP contribution < -0.4 is 5.73 Å². The van der Waals surface area contributed by atoms with Crippen molar-refractivity contribution in [2.45, 2.75) is 6.54 Å². The fourth-order valence-electron chi connectivity index (χ4n) is 2.46. The van der Waals surface area contributed by atoms with Crippen molar-refractivity contribution in [1.29, 1.82) is 0 Å². The molecule has 0 atom stereocenters. The van der Waals surface area contributed by atoms with Crippen LogP contribution in [0.3, 0.4) is 0 Å². The molecular formula is C15H11NO4. The fourth-order valence-corrected chi connectivity index (χ4v) is 2.46. The van der Waals surface area contributed by atoms with Crippen LogP contribution in [-0.4, -0.2) is 21.8 Å². The van der Waals surface area contributed by atoms with Crippen LogP contribution in [-0.2, 0) is 6.54 Å². The quantitative estimate of drug-likeness (QED) is 0.618. The van der Waals surface area contributed by atoms with Crippen LogP contribution in [0.4, 0.5) is 0 Å². The van der Waals surface area contributed by atoms with Gasteiger partial charge in [-0.2, -0.15) is 0 Å². The molecule has 100 valence electrons. The summed E-state index contributed by atoms with van der Waals surface area (Å²) in [5.41, 5.74) is 6.17. The van der Waals surface area contributed by atoms with Gasteiger partial charge in [-0.15, -0.1) is 0 Å². The third-order valence-electron chi connectivity index (χ3n) is 3.40. The van der Waals surface area contributed by atoms with Crippen LogP contribution in [0.1, 0.15) is 37.4 Å². The van der Waals surface area contributed by atoms with Gasteiger partial charge in [-0.1, -0.05) is 12.1 Å². The zero-order chi connectivity index (χ0) is 14.4. The lowest BCUT2D eigenvalue weighted by Crippen LogP contribution is -2.21. The maximum absolute atomic E-state index is 12.4. The smallest absolute Gasteiger partial charge is 0.201 e. The maximum atomic E-state index is 12.4. The summed E-state index contributed by atoms with van der Waals surface area (Å²) >= 11 is 0. The van der Waals surface area contributed by atoms with Crippen LogP contribution in [0.2, 0.25) is 0 Å². The van der Waals surface area contributed by atoms with Crippen molar-refractivity contribution in [3.63, 3.8) is 0 Å². The lowest BCUT2D eigenvalue weighted by atomic mass is 9.82. The van der Waals surface area contributed by atoms with Gasteiger partial charge in [0.15, 0.2) is 5.78 Å². The molecule has 20 heavy (non-hydrogen) atoms. The summed E-state index contributed by atoms with van der Waals surface area (Å²) in [7, 11) is 0. The number of rotatable bonds is 1. The van der Waals surface area contributed by atoms with Gasteiger partial charge in [-0.05, 0) is 23.8 Å². The van der Waals surface area contributed by atoms with Crippen molar-refractivity contribution in [1.82, 2.24) is 0 Å². The van der Waals surface area contributed by atoms with E-state index >= 15 is 0 Å². The number of phenolic OH excluding ortho intramolecular Hbond substituents is 2. The van der Waals surface area contributed by atoms with Crippen LogP contribution in [0, 0.1) is 0 Å². The zero-order valence-corrected chi connectivity index (χ0v) is 10.4. The Morgan fingerprint density at radius 3 is 2.30 bits per heavy atom. The van der Waals surface area contributed by atoms with Crippen LogP contribution in [0.5, 0.6) is 11.5 Å². The zero-order valence-electron chi connectivity index (χ0n) is 10.4. The summed E-state index contributed by atoms with van der Waals surface area (Å²) in [6.45, 7) is 0.148. The molecule has 1 aliphatic rings. The standard InChI is InChI=1S/C15H11NO4/c16-6-7-4-9-13(11(18)5-7)15(20)12-8(14(9)19)2-1-3-10(12)17/h1-5,17-18H,6,16H2. The molecule has 0 amide bonds. The highest BCUT2D eigenvalue weighted by Crippen LogP contribution is 2.36. The molecule has 0 saturated heterocycles. The van der Waals surface area contributed by atoms with E-state index in [1.807, 2.05) is 0 Å². The Hall–Kier alpha value is -2.66. The molecule has 0 aliphatic heterocycles. The molecule has 1 aliphatic carbocycles. The molecule has 2 aromatic rings. The molecule has 3 rings (SSSR count). The van der Waals surface area contributed by atoms with Crippen molar-refractivity contribution in [3.8, 4) is 11.5 Å². The van der Waals surface area contributed by atoms with Crippen LogP contribution in [0.25, 0.3) is 0 Å². The first kappa shape index (κ1) is 12.4. The third kappa shape index (κ3) is 1.53. The van der Waals surface area contributed by atoms with Crippen molar-refractivity contribution in [3.05, 3.63) is 58.1 Å². The Kier molecular flexibility index (Phi) is 2.59. The SMILES string of the molecule is NCc1cc(O)c2c(c1)C(=O)c1cccc(O)c1C2=O. The molecule has 5 nitrogen and oxygen atoms in total. The first-order valence-corrected chi connectivity index (χ1v) is 6.02. The molecule has 0 fully saturated rings. The summed E-state index contributed by atoms with van der Waals surface area (Å²) < 4.78 is 0. The van der Waals surface area contributed by atoms with Gasteiger partial charge in [-0.3, -0.25) is 9.59 Å². The van der Waals surface area contributed by atoms with Gasteiger partial charge in [0.1, 0.15) is 11.5 Å². The van der Waals surface area contributed by atoms with E-state index in [1.54, 1.807) is 0 Å². The fraction of sp³-hybridized carbons (Fsp3) is 0.0667. The Bertz CT molecular complexity index is 765. The Morgan fingerprint density at radius 1 is 0.900 bits per heavy atom. The van der Waals surface area contributed by atoms with Gasteiger partial charge in [0, 0.05) is 17.7 Å². The number of aromatic hydroxyl groups is 2. The number of carbonyl (C=O) groups excluding carboxylic acids is 2. The van der Waals surface area contributed by atoms with E-state index in [9.17, 15) is 19.8 Å². The van der Waals surface area contributed by atoms with Crippen molar-refractivity contribution in [2.75, 3.05) is 0 Å². The molecule has 0 radical (unpaired) electrons. The van der Waals surface area contributed by atoms with Crippen LogP contribution in [0.15, 0.2) is 30.3 Å². The monoisotopic (exact) mass is 269 g/mol. The summed E-state index contributed by atoms with van der Waals surface area (Å²) in [6.07, 6.45) is 0. The average Bonchev–Trinajstić information content (AvgIpc) is 2.43. The normalized spacial score (nSPS) is 13.1. The maximum Gasteiger partial charge on any atom is 0.201 e. The van der Waals surface area contributed by atoms with E-state index in [0.717, 1.165) is 0 Å². The van der Waals surface area contributed by atoms with E-state index in [0.29, 0.717) is 5.56 Å². The number of ketones is 2. The Morgan fingerprint density at radius 2 is 1.60 bits per heavy atom. The van der Waals surface area contributed by atoms with E-state index in [1.165, 1.54) is 30.3 Å². The van der Waals surface area contributed by atoms with Crippen molar-refractivity contribution in [2.24, 2.45) is 5.73 Å². The summed E-state index contributed by atoms with van der Waals surface area (Å²) in [4.78, 5) is 24.8. The van der Waals surface area contributed by atoms with E-state index < -0.39 is 11.6 Å². The average molecular weight is 269 g/mol. The molecule has 0 spiro atoms. The lowest BCUT2D eigenvalue weighted by molar-refractivity contribution is 0.0974. The van der Waals surface area contributed by atoms with Crippen molar-refractivity contribution >= 4 is 11.6 Å². The second-order valence-electron chi connectivity index (χ2n) is 4.60. The highest BCUT2D eigenvalue weighted by molar-refractivity contribution is 6.30. The van der Waals surface area contributed by atoms with Gasteiger partial charge in [0.05, 0.1) is 11.1 Å². The van der Waals surface area contributed by atoms with Gasteiger partial charge in [-0.25, -0.2) is 0 Å². The third-order valence-corrected chi connectivity index (χ3v) is 3.40. The second-order valence-corrected chi connectivity index (χ2v) is 4.60. The molecule has 2 aromatic carbocycles. The number of hydrogen-bond acceptors (Lipinski definition) is 5. The summed E-state index contributed by atoms with van der Waals surface area (Å²) in [5.74, 6) is -1.53. The van der Waals surface area contributed by atoms with Gasteiger partial charge >= 0.3 is 0 Å². The molecule has 0 unspecified atom stereocenters. The number of hydrogen-bond donors (Lipinski definition) is 3. The molecular weight excluding hydrogens is 258 g/mol. The minimum atomic E-state index is -0.561. The molecule has 0 aromatic heterocycles. The number of phenols is 2. The van der Waals surface area contributed by atoms with Crippen LogP contribution >= 0.6 is 0 Å². The molecule has 0 saturated carbocycles. The first-order valence-electron chi connectivity index (χ1n) is 6.02. The van der Waals surface area contributed by atoms with Crippen molar-refractivity contribution < 1.29 is 19.8 Å². The molecule has 0 heterocycles. The topological polar surface area (TPSA) is 101 Å². The highest BCUT2D eigenvalue weighted by atomic mass is 16.3. The summed E-state index contributed by atoms with van der Waals surface area (Å²) in [5, 5.41) is 19.7. The predicted octanol–water partition coefficient (Wildman–Crippen LogP) is 1.33. The Labute approximate surface area is 114 Å². The molecule has 5 heteroatoms. The minimum Gasteiger partial charge on any atom is -0.507 e. The predicted molar refractivity (Wildman–Crippen MR) is 71.0 cm³/mol. The second kappa shape index (κ2) is 4.18. The molecule has 4 N–H and O–H groups in total. The largest absolute Gasteiger partial charge is 0.507 e. The molecule has 0 bridgehead atoms. The number of carbonyl (C=O) groups is 2. The van der Waals surface area contributed by atoms with Gasteiger partial charge in [0.2, 0.25) is 5.78 Å². The summed E-state index contributed by atoms with van der Waals surface area (Å²) in [6, 6.07) is 7.17. The number of benzene rings is 2. The minimum absolute atomic E-state index is 0.0687. The Balaban J connectivity index is 2.35. The number of nitrogens with two attached hydrogens (primary N) is 1. The van der Waals surface area contributed by atoms with E-state index in [-0.39, 0.29) is 40.3 Å². The van der Waals surface area contributed by atoms with E-state index in [2.05, 4.69) is 0 Å². The lowest BCUT2D eigenvalue weighted by Gasteiger charge is -2.19.